The first-order valence-corrected chi connectivity index (χ1v) is 9.45. The van der Waals surface area contributed by atoms with Gasteiger partial charge in [0.05, 0.1) is 5.56 Å². The predicted octanol–water partition coefficient (Wildman–Crippen LogP) is 4.50. The predicted molar refractivity (Wildman–Crippen MR) is 110 cm³/mol. The van der Waals surface area contributed by atoms with Gasteiger partial charge in [-0.1, -0.05) is 41.9 Å². The molecule has 1 heterocycles. The fourth-order valence-corrected chi connectivity index (χ4v) is 2.99. The Labute approximate surface area is 168 Å². The van der Waals surface area contributed by atoms with Crippen LogP contribution in [0, 0.1) is 5.82 Å². The summed E-state index contributed by atoms with van der Waals surface area (Å²) >= 11 is 5.96. The molecule has 2 N–H and O–H groups in total. The largest absolute Gasteiger partial charge is 0.370 e. The number of amides is 1. The molecule has 0 aliphatic carbocycles. The molecular formula is C22H21ClFN3O. The molecule has 144 valence electrons. The van der Waals surface area contributed by atoms with Gasteiger partial charge in [0.2, 0.25) is 0 Å². The third kappa shape index (κ3) is 5.79. The van der Waals surface area contributed by atoms with Crippen molar-refractivity contribution in [3.63, 3.8) is 0 Å². The van der Waals surface area contributed by atoms with Crippen molar-refractivity contribution in [2.75, 3.05) is 18.4 Å². The van der Waals surface area contributed by atoms with E-state index in [1.807, 2.05) is 30.3 Å². The van der Waals surface area contributed by atoms with Crippen LogP contribution in [0.3, 0.4) is 0 Å². The van der Waals surface area contributed by atoms with Gasteiger partial charge in [0, 0.05) is 24.3 Å². The molecule has 0 bridgehead atoms. The average molecular weight is 398 g/mol. The molecule has 1 aromatic heterocycles. The third-order valence-corrected chi connectivity index (χ3v) is 4.51. The molecule has 4 nitrogen and oxygen atoms in total. The van der Waals surface area contributed by atoms with Gasteiger partial charge in [-0.05, 0) is 54.3 Å². The van der Waals surface area contributed by atoms with Crippen LogP contribution >= 0.6 is 11.6 Å². The summed E-state index contributed by atoms with van der Waals surface area (Å²) in [6.45, 7) is 1.07. The lowest BCUT2D eigenvalue weighted by Crippen LogP contribution is -2.25. The molecule has 0 aliphatic rings. The highest BCUT2D eigenvalue weighted by Gasteiger charge is 2.06. The number of hydrogen-bond donors (Lipinski definition) is 2. The maximum absolute atomic E-state index is 13.6. The van der Waals surface area contributed by atoms with Crippen LogP contribution in [0.2, 0.25) is 5.02 Å². The Morgan fingerprint density at radius 1 is 1.00 bits per heavy atom. The summed E-state index contributed by atoms with van der Waals surface area (Å²) in [6.07, 6.45) is 2.79. The van der Waals surface area contributed by atoms with E-state index in [1.165, 1.54) is 12.3 Å². The van der Waals surface area contributed by atoms with Crippen molar-refractivity contribution < 1.29 is 9.18 Å². The fraction of sp³-hybridized carbons (Fsp3) is 0.182. The van der Waals surface area contributed by atoms with Crippen LogP contribution in [-0.2, 0) is 12.8 Å². The lowest BCUT2D eigenvalue weighted by molar-refractivity contribution is 0.0954. The van der Waals surface area contributed by atoms with Crippen molar-refractivity contribution in [1.82, 2.24) is 10.3 Å². The maximum atomic E-state index is 13.6. The van der Waals surface area contributed by atoms with Crippen molar-refractivity contribution >= 4 is 23.3 Å². The van der Waals surface area contributed by atoms with E-state index in [9.17, 15) is 9.18 Å². The van der Waals surface area contributed by atoms with Crippen molar-refractivity contribution in [1.29, 1.82) is 0 Å². The fourth-order valence-electron chi connectivity index (χ4n) is 2.77. The van der Waals surface area contributed by atoms with E-state index in [0.29, 0.717) is 47.9 Å². The first-order valence-electron chi connectivity index (χ1n) is 9.08. The number of aromatic nitrogens is 1. The molecule has 0 radical (unpaired) electrons. The second-order valence-electron chi connectivity index (χ2n) is 6.34. The van der Waals surface area contributed by atoms with Crippen LogP contribution in [0.15, 0.2) is 66.9 Å². The topological polar surface area (TPSA) is 54.0 Å². The number of pyridine rings is 1. The van der Waals surface area contributed by atoms with Crippen LogP contribution < -0.4 is 10.6 Å². The number of anilines is 1. The quantitative estimate of drug-likeness (QED) is 0.588. The summed E-state index contributed by atoms with van der Waals surface area (Å²) in [6, 6.07) is 17.7. The van der Waals surface area contributed by atoms with E-state index in [1.54, 1.807) is 24.3 Å². The van der Waals surface area contributed by atoms with Crippen LogP contribution in [-0.4, -0.2) is 24.0 Å². The second kappa shape index (κ2) is 9.85. The molecule has 6 heteroatoms. The Morgan fingerprint density at radius 2 is 1.86 bits per heavy atom. The molecule has 0 saturated heterocycles. The lowest BCUT2D eigenvalue weighted by atomic mass is 10.1. The molecule has 28 heavy (non-hydrogen) atoms. The number of nitrogens with zero attached hydrogens (tertiary/aromatic N) is 1. The summed E-state index contributed by atoms with van der Waals surface area (Å²) in [5.41, 5.74) is 2.22. The van der Waals surface area contributed by atoms with E-state index in [-0.39, 0.29) is 11.7 Å². The highest BCUT2D eigenvalue weighted by molar-refractivity contribution is 6.30. The van der Waals surface area contributed by atoms with Crippen LogP contribution in [0.25, 0.3) is 0 Å². The number of halogens is 2. The van der Waals surface area contributed by atoms with Gasteiger partial charge in [0.15, 0.2) is 0 Å². The highest BCUT2D eigenvalue weighted by atomic mass is 35.5. The zero-order valence-corrected chi connectivity index (χ0v) is 16.0. The van der Waals surface area contributed by atoms with E-state index in [4.69, 9.17) is 11.6 Å². The third-order valence-electron chi connectivity index (χ3n) is 4.27. The lowest BCUT2D eigenvalue weighted by Gasteiger charge is -2.08. The Hall–Kier alpha value is -2.92. The zero-order chi connectivity index (χ0) is 19.8. The summed E-state index contributed by atoms with van der Waals surface area (Å²) in [5, 5.41) is 6.69. The molecular weight excluding hydrogens is 377 g/mol. The Balaban J connectivity index is 1.44. The molecule has 0 saturated carbocycles. The van der Waals surface area contributed by atoms with E-state index < -0.39 is 0 Å². The summed E-state index contributed by atoms with van der Waals surface area (Å²) in [7, 11) is 0. The van der Waals surface area contributed by atoms with Crippen molar-refractivity contribution in [3.8, 4) is 0 Å². The smallest absolute Gasteiger partial charge is 0.252 e. The highest BCUT2D eigenvalue weighted by Crippen LogP contribution is 2.11. The summed E-state index contributed by atoms with van der Waals surface area (Å²) < 4.78 is 13.6. The van der Waals surface area contributed by atoms with Crippen molar-refractivity contribution in [2.24, 2.45) is 0 Å². The number of carbonyl (C=O) groups is 1. The first kappa shape index (κ1) is 19.8. The van der Waals surface area contributed by atoms with Gasteiger partial charge in [-0.15, -0.1) is 0 Å². The van der Waals surface area contributed by atoms with Gasteiger partial charge < -0.3 is 10.6 Å². The maximum Gasteiger partial charge on any atom is 0.252 e. The zero-order valence-electron chi connectivity index (χ0n) is 15.3. The van der Waals surface area contributed by atoms with Gasteiger partial charge in [-0.2, -0.15) is 0 Å². The molecule has 2 aromatic carbocycles. The molecule has 0 spiro atoms. The number of hydrogen-bond acceptors (Lipinski definition) is 3. The molecule has 1 amide bonds. The van der Waals surface area contributed by atoms with Crippen molar-refractivity contribution in [2.45, 2.75) is 12.8 Å². The molecule has 0 atom stereocenters. The van der Waals surface area contributed by atoms with Gasteiger partial charge in [0.25, 0.3) is 5.91 Å². The minimum absolute atomic E-state index is 0.174. The Kier molecular flexibility index (Phi) is 6.98. The van der Waals surface area contributed by atoms with Gasteiger partial charge in [0.1, 0.15) is 11.6 Å². The normalized spacial score (nSPS) is 10.5. The number of benzene rings is 2. The first-order chi connectivity index (χ1) is 13.6. The van der Waals surface area contributed by atoms with E-state index >= 15 is 0 Å². The number of nitrogens with one attached hydrogen (secondary N) is 2. The molecule has 0 unspecified atom stereocenters. The number of carbonyl (C=O) groups excluding carboxylic acids is 1. The van der Waals surface area contributed by atoms with Gasteiger partial charge in [-0.25, -0.2) is 9.37 Å². The Morgan fingerprint density at radius 3 is 2.61 bits per heavy atom. The van der Waals surface area contributed by atoms with E-state index in [2.05, 4.69) is 15.6 Å². The van der Waals surface area contributed by atoms with Gasteiger partial charge in [-0.3, -0.25) is 4.79 Å². The minimum Gasteiger partial charge on any atom is -0.370 e. The number of rotatable bonds is 8. The SMILES string of the molecule is O=C(NCCc1cccc(Cl)c1)c1ccc(NCCc2ccccc2F)nc1. The van der Waals surface area contributed by atoms with Crippen LogP contribution in [0.1, 0.15) is 21.5 Å². The second-order valence-corrected chi connectivity index (χ2v) is 6.77. The standard InChI is InChI=1S/C22H21ClFN3O/c23-19-6-3-4-16(14-19)10-12-26-22(28)18-8-9-21(27-15-18)25-13-11-17-5-1-2-7-20(17)24/h1-9,14-15H,10-13H2,(H,25,27)(H,26,28). The minimum atomic E-state index is -0.206. The van der Waals surface area contributed by atoms with Crippen molar-refractivity contribution in [3.05, 3.63) is 94.4 Å². The summed E-state index contributed by atoms with van der Waals surface area (Å²) in [5.74, 6) is 0.265. The van der Waals surface area contributed by atoms with Gasteiger partial charge >= 0.3 is 0 Å². The summed E-state index contributed by atoms with van der Waals surface area (Å²) in [4.78, 5) is 16.5. The van der Waals surface area contributed by atoms with Crippen LogP contribution in [0.4, 0.5) is 10.2 Å². The van der Waals surface area contributed by atoms with E-state index in [0.717, 1.165) is 5.56 Å². The monoisotopic (exact) mass is 397 g/mol. The molecule has 3 aromatic rings. The Bertz CT molecular complexity index is 931. The molecule has 3 rings (SSSR count). The average Bonchev–Trinajstić information content (AvgIpc) is 2.70. The molecule has 0 aliphatic heterocycles. The van der Waals surface area contributed by atoms with Crippen LogP contribution in [0.5, 0.6) is 0 Å². The molecule has 0 fully saturated rings.